The van der Waals surface area contributed by atoms with Gasteiger partial charge in [-0.15, -0.1) is 0 Å². The zero-order valence-corrected chi connectivity index (χ0v) is 12.1. The van der Waals surface area contributed by atoms with Crippen molar-refractivity contribution < 1.29 is 9.59 Å². The molecule has 0 aromatic carbocycles. The zero-order valence-electron chi connectivity index (χ0n) is 12.1. The lowest BCUT2D eigenvalue weighted by Gasteiger charge is -2.45. The van der Waals surface area contributed by atoms with Gasteiger partial charge >= 0.3 is 0 Å². The molecule has 4 nitrogen and oxygen atoms in total. The summed E-state index contributed by atoms with van der Waals surface area (Å²) in [5, 5.41) is 2.72. The van der Waals surface area contributed by atoms with Gasteiger partial charge in [-0.2, -0.15) is 0 Å². The summed E-state index contributed by atoms with van der Waals surface area (Å²) >= 11 is 0. The molecule has 4 heteroatoms. The number of nitrogens with zero attached hydrogens (tertiary/aromatic N) is 1. The molecule has 1 fully saturated rings. The van der Waals surface area contributed by atoms with Gasteiger partial charge in [-0.05, 0) is 31.6 Å². The number of hydrogen-bond acceptors (Lipinski definition) is 2. The van der Waals surface area contributed by atoms with E-state index >= 15 is 0 Å². The molecule has 1 aliphatic rings. The van der Waals surface area contributed by atoms with Gasteiger partial charge in [-0.1, -0.05) is 27.7 Å². The van der Waals surface area contributed by atoms with Crippen LogP contribution in [-0.2, 0) is 9.59 Å². The summed E-state index contributed by atoms with van der Waals surface area (Å²) in [5.41, 5.74) is -0.619. The number of piperazine rings is 1. The lowest BCUT2D eigenvalue weighted by atomic mass is 9.87. The molecular formula is C14H26N2O2. The molecule has 0 spiro atoms. The first kappa shape index (κ1) is 15.0. The Morgan fingerprint density at radius 3 is 2.39 bits per heavy atom. The molecule has 1 aliphatic heterocycles. The van der Waals surface area contributed by atoms with E-state index in [0.717, 1.165) is 12.8 Å². The summed E-state index contributed by atoms with van der Waals surface area (Å²) < 4.78 is 0. The summed E-state index contributed by atoms with van der Waals surface area (Å²) in [4.78, 5) is 26.0. The standard InChI is InChI=1S/C14H26N2O2/c1-5-14(6-2)13(18)15-10-12(17)16(14)9-7-8-11(3)4/h11H,5-10H2,1-4H3,(H,15,18). The largest absolute Gasteiger partial charge is 0.345 e. The van der Waals surface area contributed by atoms with Gasteiger partial charge in [0, 0.05) is 6.54 Å². The van der Waals surface area contributed by atoms with Crippen LogP contribution in [0.2, 0.25) is 0 Å². The predicted molar refractivity (Wildman–Crippen MR) is 72.1 cm³/mol. The molecule has 0 unspecified atom stereocenters. The van der Waals surface area contributed by atoms with Gasteiger partial charge in [0.1, 0.15) is 5.54 Å². The van der Waals surface area contributed by atoms with Crippen molar-refractivity contribution >= 4 is 11.8 Å². The first-order valence-corrected chi connectivity index (χ1v) is 7.06. The highest BCUT2D eigenvalue weighted by Crippen LogP contribution is 2.27. The Labute approximate surface area is 110 Å². The van der Waals surface area contributed by atoms with Gasteiger partial charge in [0.05, 0.1) is 6.54 Å². The monoisotopic (exact) mass is 254 g/mol. The fraction of sp³-hybridized carbons (Fsp3) is 0.857. The lowest BCUT2D eigenvalue weighted by molar-refractivity contribution is -0.154. The molecule has 2 amide bonds. The Kier molecular flexibility index (Phi) is 5.17. The molecule has 0 bridgehead atoms. The van der Waals surface area contributed by atoms with Crippen molar-refractivity contribution in [3.8, 4) is 0 Å². The predicted octanol–water partition coefficient (Wildman–Crippen LogP) is 1.94. The Morgan fingerprint density at radius 1 is 1.28 bits per heavy atom. The molecule has 0 atom stereocenters. The van der Waals surface area contributed by atoms with Gasteiger partial charge < -0.3 is 10.2 Å². The quantitative estimate of drug-likeness (QED) is 0.787. The molecule has 0 radical (unpaired) electrons. The first-order chi connectivity index (χ1) is 8.47. The highest BCUT2D eigenvalue weighted by atomic mass is 16.2. The minimum Gasteiger partial charge on any atom is -0.345 e. The topological polar surface area (TPSA) is 49.4 Å². The molecule has 1 saturated heterocycles. The van der Waals surface area contributed by atoms with E-state index in [1.165, 1.54) is 0 Å². The fourth-order valence-electron chi connectivity index (χ4n) is 2.73. The normalized spacial score (nSPS) is 19.3. The second kappa shape index (κ2) is 6.21. The van der Waals surface area contributed by atoms with Gasteiger partial charge in [0.15, 0.2) is 0 Å². The van der Waals surface area contributed by atoms with E-state index in [0.29, 0.717) is 25.3 Å². The van der Waals surface area contributed by atoms with Gasteiger partial charge in [0.25, 0.3) is 0 Å². The molecule has 1 heterocycles. The maximum absolute atomic E-state index is 12.1. The highest BCUT2D eigenvalue weighted by Gasteiger charge is 2.46. The number of hydrogen-bond donors (Lipinski definition) is 1. The van der Waals surface area contributed by atoms with Crippen LogP contribution in [0.3, 0.4) is 0 Å². The van der Waals surface area contributed by atoms with E-state index in [4.69, 9.17) is 0 Å². The Bertz CT molecular complexity index is 309. The second-order valence-electron chi connectivity index (χ2n) is 5.50. The van der Waals surface area contributed by atoms with Crippen molar-refractivity contribution in [2.75, 3.05) is 13.1 Å². The van der Waals surface area contributed by atoms with Crippen molar-refractivity contribution in [2.45, 2.75) is 58.9 Å². The minimum atomic E-state index is -0.619. The molecule has 0 aromatic rings. The van der Waals surface area contributed by atoms with Crippen LogP contribution in [0, 0.1) is 5.92 Å². The van der Waals surface area contributed by atoms with Crippen molar-refractivity contribution in [2.24, 2.45) is 5.92 Å². The van der Waals surface area contributed by atoms with E-state index in [9.17, 15) is 9.59 Å². The van der Waals surface area contributed by atoms with Crippen molar-refractivity contribution in [1.29, 1.82) is 0 Å². The summed E-state index contributed by atoms with van der Waals surface area (Å²) in [5.74, 6) is 0.704. The van der Waals surface area contributed by atoms with E-state index < -0.39 is 5.54 Å². The Hall–Kier alpha value is -1.06. The maximum atomic E-state index is 12.1. The van der Waals surface area contributed by atoms with Crippen LogP contribution in [0.15, 0.2) is 0 Å². The first-order valence-electron chi connectivity index (χ1n) is 7.06. The van der Waals surface area contributed by atoms with Crippen LogP contribution in [-0.4, -0.2) is 35.3 Å². The number of amides is 2. The van der Waals surface area contributed by atoms with E-state index in [-0.39, 0.29) is 18.4 Å². The minimum absolute atomic E-state index is 0.0108. The number of carbonyl (C=O) groups excluding carboxylic acids is 2. The van der Waals surface area contributed by atoms with E-state index in [1.807, 2.05) is 18.7 Å². The average molecular weight is 254 g/mol. The smallest absolute Gasteiger partial charge is 0.246 e. The Balaban J connectivity index is 2.80. The number of carbonyl (C=O) groups is 2. The molecule has 0 aliphatic carbocycles. The molecule has 0 saturated carbocycles. The second-order valence-corrected chi connectivity index (χ2v) is 5.50. The van der Waals surface area contributed by atoms with Gasteiger partial charge in [-0.25, -0.2) is 0 Å². The molecule has 1 rings (SSSR count). The molecule has 1 N–H and O–H groups in total. The molecule has 104 valence electrons. The van der Waals surface area contributed by atoms with Crippen LogP contribution in [0.4, 0.5) is 0 Å². The SMILES string of the molecule is CCC1(CC)C(=O)NCC(=O)N1CCCC(C)C. The van der Waals surface area contributed by atoms with E-state index in [1.54, 1.807) is 0 Å². The zero-order chi connectivity index (χ0) is 13.8. The maximum Gasteiger partial charge on any atom is 0.246 e. The number of rotatable bonds is 6. The van der Waals surface area contributed by atoms with Crippen molar-refractivity contribution in [3.05, 3.63) is 0 Å². The van der Waals surface area contributed by atoms with Gasteiger partial charge in [0.2, 0.25) is 11.8 Å². The molecule has 0 aromatic heterocycles. The summed E-state index contributed by atoms with van der Waals surface area (Å²) in [6, 6.07) is 0. The summed E-state index contributed by atoms with van der Waals surface area (Å²) in [7, 11) is 0. The number of nitrogens with one attached hydrogen (secondary N) is 1. The highest BCUT2D eigenvalue weighted by molar-refractivity contribution is 5.97. The van der Waals surface area contributed by atoms with Crippen LogP contribution in [0.5, 0.6) is 0 Å². The van der Waals surface area contributed by atoms with Crippen LogP contribution in [0.1, 0.15) is 53.4 Å². The summed E-state index contributed by atoms with van der Waals surface area (Å²) in [6.07, 6.45) is 3.43. The lowest BCUT2D eigenvalue weighted by Crippen LogP contribution is -2.66. The Morgan fingerprint density at radius 2 is 1.89 bits per heavy atom. The average Bonchev–Trinajstić information content (AvgIpc) is 2.34. The summed E-state index contributed by atoms with van der Waals surface area (Å²) in [6.45, 7) is 9.18. The van der Waals surface area contributed by atoms with Gasteiger partial charge in [-0.3, -0.25) is 9.59 Å². The molecule has 18 heavy (non-hydrogen) atoms. The van der Waals surface area contributed by atoms with Crippen molar-refractivity contribution in [1.82, 2.24) is 10.2 Å². The van der Waals surface area contributed by atoms with Crippen LogP contribution >= 0.6 is 0 Å². The molecular weight excluding hydrogens is 228 g/mol. The third kappa shape index (κ3) is 2.85. The van der Waals surface area contributed by atoms with Crippen molar-refractivity contribution in [3.63, 3.8) is 0 Å². The fourth-order valence-corrected chi connectivity index (χ4v) is 2.73. The van der Waals surface area contributed by atoms with Crippen LogP contribution in [0.25, 0.3) is 0 Å². The third-order valence-electron chi connectivity index (χ3n) is 3.97. The third-order valence-corrected chi connectivity index (χ3v) is 3.97. The van der Waals surface area contributed by atoms with E-state index in [2.05, 4.69) is 19.2 Å². The van der Waals surface area contributed by atoms with Crippen LogP contribution < -0.4 is 5.32 Å².